The molecule has 3 rings (SSSR count). The monoisotopic (exact) mass is 287 g/mol. The van der Waals surface area contributed by atoms with Crippen LogP contribution in [0.5, 0.6) is 0 Å². The minimum absolute atomic E-state index is 0.321. The van der Waals surface area contributed by atoms with Gasteiger partial charge in [-0.2, -0.15) is 10.1 Å². The van der Waals surface area contributed by atoms with E-state index in [1.54, 1.807) is 6.07 Å². The van der Waals surface area contributed by atoms with Crippen LogP contribution in [0.1, 0.15) is 23.1 Å². The molecule has 7 heteroatoms. The zero-order valence-corrected chi connectivity index (χ0v) is 11.7. The molecule has 2 heterocycles. The molecular formula is C14H14FN5O. The lowest BCUT2D eigenvalue weighted by Crippen LogP contribution is -1.94. The number of halogens is 1. The van der Waals surface area contributed by atoms with Crippen LogP contribution in [-0.4, -0.2) is 25.3 Å². The Labute approximate surface area is 120 Å². The van der Waals surface area contributed by atoms with Crippen LogP contribution in [0.3, 0.4) is 0 Å². The molecule has 3 aromatic rings. The minimum Gasteiger partial charge on any atom is -0.339 e. The maximum atomic E-state index is 13.3. The van der Waals surface area contributed by atoms with Crippen molar-refractivity contribution in [2.24, 2.45) is 0 Å². The average molecular weight is 287 g/mol. The third-order valence-electron chi connectivity index (χ3n) is 3.11. The summed E-state index contributed by atoms with van der Waals surface area (Å²) in [7, 11) is 0. The van der Waals surface area contributed by atoms with Crippen LogP contribution in [0.4, 0.5) is 4.39 Å². The van der Waals surface area contributed by atoms with Crippen molar-refractivity contribution in [3.63, 3.8) is 0 Å². The first-order chi connectivity index (χ1) is 10.1. The molecule has 0 atom stereocenters. The summed E-state index contributed by atoms with van der Waals surface area (Å²) in [5.74, 6) is 2.03. The number of hydrogen-bond acceptors (Lipinski definition) is 5. The van der Waals surface area contributed by atoms with Crippen molar-refractivity contribution in [3.05, 3.63) is 47.1 Å². The first-order valence-corrected chi connectivity index (χ1v) is 6.59. The van der Waals surface area contributed by atoms with E-state index in [-0.39, 0.29) is 5.82 Å². The van der Waals surface area contributed by atoms with Crippen LogP contribution in [-0.2, 0) is 12.8 Å². The van der Waals surface area contributed by atoms with Crippen LogP contribution in [0, 0.1) is 19.7 Å². The van der Waals surface area contributed by atoms with Gasteiger partial charge in [-0.15, -0.1) is 0 Å². The van der Waals surface area contributed by atoms with E-state index in [1.165, 1.54) is 12.1 Å². The third kappa shape index (κ3) is 2.96. The number of nitrogens with one attached hydrogen (secondary N) is 1. The van der Waals surface area contributed by atoms with E-state index in [0.717, 1.165) is 11.4 Å². The van der Waals surface area contributed by atoms with Gasteiger partial charge in [-0.1, -0.05) is 11.2 Å². The van der Waals surface area contributed by atoms with Gasteiger partial charge in [0, 0.05) is 18.4 Å². The van der Waals surface area contributed by atoms with Gasteiger partial charge in [0.2, 0.25) is 11.7 Å². The third-order valence-corrected chi connectivity index (χ3v) is 3.11. The van der Waals surface area contributed by atoms with Gasteiger partial charge in [0.05, 0.1) is 0 Å². The summed E-state index contributed by atoms with van der Waals surface area (Å²) in [6.45, 7) is 3.72. The normalized spacial score (nSPS) is 11.0. The SMILES string of the molecule is Cc1nc(CCc2nc(-c3cc(F)ccc3C)no2)n[nH]1. The molecule has 108 valence electrons. The van der Waals surface area contributed by atoms with Gasteiger partial charge in [0.25, 0.3) is 0 Å². The first kappa shape index (κ1) is 13.4. The Balaban J connectivity index is 1.75. The molecule has 1 N–H and O–H groups in total. The Morgan fingerprint density at radius 1 is 1.19 bits per heavy atom. The lowest BCUT2D eigenvalue weighted by atomic mass is 10.1. The fourth-order valence-corrected chi connectivity index (χ4v) is 2.02. The molecule has 0 spiro atoms. The van der Waals surface area contributed by atoms with Crippen LogP contribution in [0.2, 0.25) is 0 Å². The number of hydrogen-bond donors (Lipinski definition) is 1. The average Bonchev–Trinajstić information content (AvgIpc) is 3.08. The lowest BCUT2D eigenvalue weighted by molar-refractivity contribution is 0.378. The number of benzene rings is 1. The van der Waals surface area contributed by atoms with Crippen molar-refractivity contribution in [2.75, 3.05) is 0 Å². The molecule has 1 aromatic carbocycles. The quantitative estimate of drug-likeness (QED) is 0.797. The Kier molecular flexibility index (Phi) is 3.47. The standard InChI is InChI=1S/C14H14FN5O/c1-8-3-4-10(15)7-11(8)14-17-13(21-20-14)6-5-12-16-9(2)18-19-12/h3-4,7H,5-6H2,1-2H3,(H,16,18,19). The van der Waals surface area contributed by atoms with Gasteiger partial charge < -0.3 is 4.52 Å². The molecule has 0 bridgehead atoms. The first-order valence-electron chi connectivity index (χ1n) is 6.59. The predicted octanol–water partition coefficient (Wildman–Crippen LogP) is 2.40. The van der Waals surface area contributed by atoms with Crippen molar-refractivity contribution in [3.8, 4) is 11.4 Å². The number of H-pyrrole nitrogens is 1. The van der Waals surface area contributed by atoms with Crippen molar-refractivity contribution in [1.82, 2.24) is 25.3 Å². The second-order valence-electron chi connectivity index (χ2n) is 4.81. The van der Waals surface area contributed by atoms with Gasteiger partial charge in [0.1, 0.15) is 11.6 Å². The highest BCUT2D eigenvalue weighted by molar-refractivity contribution is 5.59. The maximum absolute atomic E-state index is 13.3. The highest BCUT2D eigenvalue weighted by Crippen LogP contribution is 2.21. The second kappa shape index (κ2) is 5.43. The molecular weight excluding hydrogens is 273 g/mol. The summed E-state index contributed by atoms with van der Waals surface area (Å²) in [4.78, 5) is 8.50. The fraction of sp³-hybridized carbons (Fsp3) is 0.286. The summed E-state index contributed by atoms with van der Waals surface area (Å²) >= 11 is 0. The van der Waals surface area contributed by atoms with Crippen LogP contribution < -0.4 is 0 Å². The molecule has 0 aliphatic rings. The van der Waals surface area contributed by atoms with Gasteiger partial charge >= 0.3 is 0 Å². The van der Waals surface area contributed by atoms with Crippen molar-refractivity contribution < 1.29 is 8.91 Å². The smallest absolute Gasteiger partial charge is 0.227 e. The number of aromatic nitrogens is 5. The zero-order chi connectivity index (χ0) is 14.8. The van der Waals surface area contributed by atoms with Gasteiger partial charge in [0.15, 0.2) is 5.82 Å². The van der Waals surface area contributed by atoms with Crippen LogP contribution in [0.25, 0.3) is 11.4 Å². The van der Waals surface area contributed by atoms with E-state index in [2.05, 4.69) is 25.3 Å². The van der Waals surface area contributed by atoms with E-state index in [0.29, 0.717) is 35.9 Å². The molecule has 0 radical (unpaired) electrons. The summed E-state index contributed by atoms with van der Waals surface area (Å²) in [5.41, 5.74) is 1.53. The molecule has 0 fully saturated rings. The van der Waals surface area contributed by atoms with E-state index in [1.807, 2.05) is 13.8 Å². The topological polar surface area (TPSA) is 80.5 Å². The Morgan fingerprint density at radius 3 is 2.81 bits per heavy atom. The number of rotatable bonds is 4. The van der Waals surface area contributed by atoms with Crippen LogP contribution in [0.15, 0.2) is 22.7 Å². The molecule has 0 saturated heterocycles. The Hall–Kier alpha value is -2.57. The van der Waals surface area contributed by atoms with Crippen molar-refractivity contribution >= 4 is 0 Å². The number of nitrogens with zero attached hydrogens (tertiary/aromatic N) is 4. The van der Waals surface area contributed by atoms with E-state index >= 15 is 0 Å². The molecule has 6 nitrogen and oxygen atoms in total. The van der Waals surface area contributed by atoms with Crippen LogP contribution >= 0.6 is 0 Å². The zero-order valence-electron chi connectivity index (χ0n) is 11.7. The van der Waals surface area contributed by atoms with Gasteiger partial charge in [-0.05, 0) is 31.5 Å². The second-order valence-corrected chi connectivity index (χ2v) is 4.81. The molecule has 0 aliphatic heterocycles. The number of aromatic amines is 1. The fourth-order valence-electron chi connectivity index (χ4n) is 2.02. The highest BCUT2D eigenvalue weighted by atomic mass is 19.1. The summed E-state index contributed by atoms with van der Waals surface area (Å²) < 4.78 is 18.5. The van der Waals surface area contributed by atoms with E-state index < -0.39 is 0 Å². The Morgan fingerprint density at radius 2 is 2.05 bits per heavy atom. The molecule has 0 saturated carbocycles. The minimum atomic E-state index is -0.321. The largest absolute Gasteiger partial charge is 0.339 e. The lowest BCUT2D eigenvalue weighted by Gasteiger charge is -1.99. The van der Waals surface area contributed by atoms with Crippen molar-refractivity contribution in [1.29, 1.82) is 0 Å². The predicted molar refractivity (Wildman–Crippen MR) is 73.0 cm³/mol. The maximum Gasteiger partial charge on any atom is 0.227 e. The molecule has 0 amide bonds. The number of aryl methyl sites for hydroxylation is 4. The van der Waals surface area contributed by atoms with E-state index in [9.17, 15) is 4.39 Å². The highest BCUT2D eigenvalue weighted by Gasteiger charge is 2.12. The van der Waals surface area contributed by atoms with Crippen molar-refractivity contribution in [2.45, 2.75) is 26.7 Å². The summed E-state index contributed by atoms with van der Waals surface area (Å²) in [6.07, 6.45) is 1.15. The molecule has 2 aromatic heterocycles. The van der Waals surface area contributed by atoms with E-state index in [4.69, 9.17) is 4.52 Å². The summed E-state index contributed by atoms with van der Waals surface area (Å²) in [5, 5.41) is 10.7. The molecule has 0 unspecified atom stereocenters. The van der Waals surface area contributed by atoms with Gasteiger partial charge in [-0.25, -0.2) is 9.37 Å². The molecule has 21 heavy (non-hydrogen) atoms. The summed E-state index contributed by atoms with van der Waals surface area (Å²) in [6, 6.07) is 4.51. The van der Waals surface area contributed by atoms with Gasteiger partial charge in [-0.3, -0.25) is 5.10 Å². The molecule has 0 aliphatic carbocycles. The Bertz CT molecular complexity index is 764.